The second-order valence-electron chi connectivity index (χ2n) is 6.40. The summed E-state index contributed by atoms with van der Waals surface area (Å²) in [5.41, 5.74) is 4.10. The lowest BCUT2D eigenvalue weighted by Crippen LogP contribution is -2.23. The maximum Gasteiger partial charge on any atom is 0.226 e. The smallest absolute Gasteiger partial charge is 0.226 e. The highest BCUT2D eigenvalue weighted by Gasteiger charge is 2.27. The highest BCUT2D eigenvalue weighted by Crippen LogP contribution is 2.33. The minimum absolute atomic E-state index is 0.478. The molecule has 4 heteroatoms. The van der Waals surface area contributed by atoms with Gasteiger partial charge in [0.1, 0.15) is 0 Å². The van der Waals surface area contributed by atoms with Crippen molar-refractivity contribution in [2.75, 3.05) is 6.54 Å². The van der Waals surface area contributed by atoms with Gasteiger partial charge in [-0.2, -0.15) is 4.98 Å². The first-order valence-corrected chi connectivity index (χ1v) is 8.29. The summed E-state index contributed by atoms with van der Waals surface area (Å²) >= 11 is 0. The molecule has 1 aliphatic rings. The maximum absolute atomic E-state index is 5.31. The first-order chi connectivity index (χ1) is 10.7. The van der Waals surface area contributed by atoms with Crippen LogP contribution in [0.5, 0.6) is 0 Å². The Balaban J connectivity index is 1.74. The minimum Gasteiger partial charge on any atom is -0.339 e. The fourth-order valence-corrected chi connectivity index (χ4v) is 3.45. The summed E-state index contributed by atoms with van der Waals surface area (Å²) in [6.07, 6.45) is 4.35. The predicted octanol–water partition coefficient (Wildman–Crippen LogP) is 3.98. The van der Waals surface area contributed by atoms with Crippen LogP contribution >= 0.6 is 0 Å². The number of likely N-dealkylation sites (tertiary alicyclic amines) is 1. The largest absolute Gasteiger partial charge is 0.339 e. The number of aryl methyl sites for hydroxylation is 3. The molecule has 118 valence electrons. The Morgan fingerprint density at radius 2 is 2.00 bits per heavy atom. The van der Waals surface area contributed by atoms with Gasteiger partial charge in [-0.1, -0.05) is 41.4 Å². The van der Waals surface area contributed by atoms with Crippen molar-refractivity contribution in [3.05, 3.63) is 46.6 Å². The van der Waals surface area contributed by atoms with E-state index in [1.807, 2.05) is 0 Å². The fourth-order valence-electron chi connectivity index (χ4n) is 3.45. The van der Waals surface area contributed by atoms with Crippen molar-refractivity contribution in [2.45, 2.75) is 59.0 Å². The van der Waals surface area contributed by atoms with E-state index in [-0.39, 0.29) is 0 Å². The Labute approximate surface area is 132 Å². The molecule has 0 spiro atoms. The van der Waals surface area contributed by atoms with Gasteiger partial charge in [0, 0.05) is 12.5 Å². The molecular formula is C18H25N3O. The highest BCUT2D eigenvalue weighted by atomic mass is 16.5. The van der Waals surface area contributed by atoms with Gasteiger partial charge in [0.15, 0.2) is 5.82 Å². The van der Waals surface area contributed by atoms with Gasteiger partial charge in [0.25, 0.3) is 0 Å². The van der Waals surface area contributed by atoms with Crippen molar-refractivity contribution in [3.63, 3.8) is 0 Å². The third kappa shape index (κ3) is 3.38. The van der Waals surface area contributed by atoms with Gasteiger partial charge in [0.05, 0.1) is 6.54 Å². The Kier molecular flexibility index (Phi) is 4.57. The zero-order chi connectivity index (χ0) is 15.5. The van der Waals surface area contributed by atoms with Crippen molar-refractivity contribution in [2.24, 2.45) is 0 Å². The standard InChI is InChI=1S/C18H25N3O/c1-4-6-18-19-17(20-22-18)12-21-8-5-7-16(21)15-10-13(2)9-14(3)11-15/h9-11,16H,4-8,12H2,1-3H3. The van der Waals surface area contributed by atoms with Gasteiger partial charge < -0.3 is 4.52 Å². The molecule has 0 N–H and O–H groups in total. The molecule has 1 aromatic carbocycles. The lowest BCUT2D eigenvalue weighted by molar-refractivity contribution is 0.238. The zero-order valence-corrected chi connectivity index (χ0v) is 13.8. The molecule has 22 heavy (non-hydrogen) atoms. The second kappa shape index (κ2) is 6.61. The van der Waals surface area contributed by atoms with Crippen LogP contribution < -0.4 is 0 Å². The SMILES string of the molecule is CCCc1nc(CN2CCCC2c2cc(C)cc(C)c2)no1. The Hall–Kier alpha value is -1.68. The Morgan fingerprint density at radius 1 is 1.23 bits per heavy atom. The van der Waals surface area contributed by atoms with Crippen molar-refractivity contribution in [1.29, 1.82) is 0 Å². The molecule has 2 aromatic rings. The summed E-state index contributed by atoms with van der Waals surface area (Å²) in [6.45, 7) is 8.36. The van der Waals surface area contributed by atoms with E-state index in [9.17, 15) is 0 Å². The van der Waals surface area contributed by atoms with Gasteiger partial charge in [-0.3, -0.25) is 4.90 Å². The van der Waals surface area contributed by atoms with Gasteiger partial charge >= 0.3 is 0 Å². The summed E-state index contributed by atoms with van der Waals surface area (Å²) < 4.78 is 5.31. The third-order valence-corrected chi connectivity index (χ3v) is 4.31. The summed E-state index contributed by atoms with van der Waals surface area (Å²) in [7, 11) is 0. The normalized spacial score (nSPS) is 19.0. The van der Waals surface area contributed by atoms with Crippen LogP contribution in [0.25, 0.3) is 0 Å². The Morgan fingerprint density at radius 3 is 2.73 bits per heavy atom. The molecule has 0 radical (unpaired) electrons. The number of rotatable bonds is 5. The lowest BCUT2D eigenvalue weighted by Gasteiger charge is -2.24. The van der Waals surface area contributed by atoms with Crippen molar-refractivity contribution in [1.82, 2.24) is 15.0 Å². The summed E-state index contributed by atoms with van der Waals surface area (Å²) in [5.74, 6) is 1.58. The van der Waals surface area contributed by atoms with Crippen LogP contribution in [-0.2, 0) is 13.0 Å². The quantitative estimate of drug-likeness (QED) is 0.837. The molecule has 0 saturated carbocycles. The minimum atomic E-state index is 0.478. The van der Waals surface area contributed by atoms with E-state index in [4.69, 9.17) is 4.52 Å². The van der Waals surface area contributed by atoms with Crippen molar-refractivity contribution < 1.29 is 4.52 Å². The molecule has 3 rings (SSSR count). The molecule has 4 nitrogen and oxygen atoms in total. The molecule has 1 aliphatic heterocycles. The summed E-state index contributed by atoms with van der Waals surface area (Å²) in [6, 6.07) is 7.34. The van der Waals surface area contributed by atoms with Gasteiger partial charge in [-0.25, -0.2) is 0 Å². The number of hydrogen-bond acceptors (Lipinski definition) is 4. The molecule has 1 aromatic heterocycles. The molecule has 0 amide bonds. The predicted molar refractivity (Wildman–Crippen MR) is 86.6 cm³/mol. The van der Waals surface area contributed by atoms with Crippen LogP contribution in [0.15, 0.2) is 22.7 Å². The van der Waals surface area contributed by atoms with E-state index in [1.54, 1.807) is 0 Å². The van der Waals surface area contributed by atoms with E-state index >= 15 is 0 Å². The number of aromatic nitrogens is 2. The lowest BCUT2D eigenvalue weighted by atomic mass is 9.99. The molecule has 1 atom stereocenters. The van der Waals surface area contributed by atoms with Gasteiger partial charge in [-0.05, 0) is 45.2 Å². The molecule has 1 fully saturated rings. The average Bonchev–Trinajstić information content (AvgIpc) is 3.08. The molecule has 1 saturated heterocycles. The van der Waals surface area contributed by atoms with Gasteiger partial charge in [-0.15, -0.1) is 0 Å². The average molecular weight is 299 g/mol. The molecule has 0 bridgehead atoms. The second-order valence-corrected chi connectivity index (χ2v) is 6.40. The summed E-state index contributed by atoms with van der Waals surface area (Å²) in [4.78, 5) is 6.99. The van der Waals surface area contributed by atoms with Crippen molar-refractivity contribution in [3.8, 4) is 0 Å². The van der Waals surface area contributed by atoms with Crippen LogP contribution in [0.4, 0.5) is 0 Å². The van der Waals surface area contributed by atoms with E-state index in [0.717, 1.165) is 37.6 Å². The molecule has 1 unspecified atom stereocenters. The number of benzene rings is 1. The van der Waals surface area contributed by atoms with Crippen LogP contribution in [0, 0.1) is 13.8 Å². The molecule has 0 aliphatic carbocycles. The topological polar surface area (TPSA) is 42.2 Å². The Bertz CT molecular complexity index is 615. The number of hydrogen-bond donors (Lipinski definition) is 0. The monoisotopic (exact) mass is 299 g/mol. The van der Waals surface area contributed by atoms with E-state index in [1.165, 1.54) is 29.5 Å². The first kappa shape index (κ1) is 15.2. The third-order valence-electron chi connectivity index (χ3n) is 4.31. The molecule has 2 heterocycles. The van der Waals surface area contributed by atoms with E-state index < -0.39 is 0 Å². The molecular weight excluding hydrogens is 274 g/mol. The van der Waals surface area contributed by atoms with Crippen LogP contribution in [0.1, 0.15) is 60.6 Å². The number of nitrogens with zero attached hydrogens (tertiary/aromatic N) is 3. The van der Waals surface area contributed by atoms with Gasteiger partial charge in [0.2, 0.25) is 5.89 Å². The van der Waals surface area contributed by atoms with E-state index in [2.05, 4.69) is 54.0 Å². The maximum atomic E-state index is 5.31. The van der Waals surface area contributed by atoms with Crippen LogP contribution in [-0.4, -0.2) is 21.6 Å². The highest BCUT2D eigenvalue weighted by molar-refractivity contribution is 5.31. The zero-order valence-electron chi connectivity index (χ0n) is 13.8. The van der Waals surface area contributed by atoms with Crippen molar-refractivity contribution >= 4 is 0 Å². The van der Waals surface area contributed by atoms with E-state index in [0.29, 0.717) is 6.04 Å². The summed E-state index contributed by atoms with van der Waals surface area (Å²) in [5, 5.41) is 4.13. The van der Waals surface area contributed by atoms with Crippen LogP contribution in [0.2, 0.25) is 0 Å². The first-order valence-electron chi connectivity index (χ1n) is 8.29. The van der Waals surface area contributed by atoms with Crippen LogP contribution in [0.3, 0.4) is 0 Å². The fraction of sp³-hybridized carbons (Fsp3) is 0.556.